The largest absolute Gasteiger partial charge is 0.480 e. The van der Waals surface area contributed by atoms with Crippen LogP contribution in [0.2, 0.25) is 0 Å². The first kappa shape index (κ1) is 33.3. The van der Waals surface area contributed by atoms with E-state index in [-0.39, 0.29) is 29.8 Å². The summed E-state index contributed by atoms with van der Waals surface area (Å²) >= 11 is 0. The van der Waals surface area contributed by atoms with E-state index in [4.69, 9.17) is 19.9 Å². The number of esters is 3. The molecule has 2 unspecified atom stereocenters. The Morgan fingerprint density at radius 1 is 0.925 bits per heavy atom. The number of ether oxygens (including phenoxy) is 3. The normalized spacial score (nSPS) is 16.9. The SMILES string of the molecule is CCC(C)(C)C(=O)Oc1ccc(C(CC(C)OC(=O)C2CCCCC2)[C@H](N)C(=O)O)cc1OC(=O)C(C)(C)CC. The van der Waals surface area contributed by atoms with Crippen LogP contribution in [0.5, 0.6) is 11.5 Å². The highest BCUT2D eigenvalue weighted by atomic mass is 16.6. The third-order valence-electron chi connectivity index (χ3n) is 8.23. The standard InChI is InChI=1S/C31H47NO8/c1-8-30(4,5)28(36)39-23-16-15-21(18-24(23)40-29(37)31(6,7)9-2)22(25(32)26(33)34)17-19(3)38-27(35)20-13-11-10-12-14-20/h15-16,18-20,22,25H,8-14,17,32H2,1-7H3,(H,33,34)/t19?,22?,25-/m0/s1. The van der Waals surface area contributed by atoms with Gasteiger partial charge in [0.05, 0.1) is 22.9 Å². The summed E-state index contributed by atoms with van der Waals surface area (Å²) in [6, 6.07) is 3.26. The number of rotatable bonds is 13. The summed E-state index contributed by atoms with van der Waals surface area (Å²) in [6.07, 6.45) is 5.27. The minimum atomic E-state index is -1.32. The molecule has 0 aliphatic heterocycles. The van der Waals surface area contributed by atoms with Gasteiger partial charge in [0.25, 0.3) is 0 Å². The zero-order valence-electron chi connectivity index (χ0n) is 25.1. The maximum Gasteiger partial charge on any atom is 0.321 e. The van der Waals surface area contributed by atoms with E-state index in [0.29, 0.717) is 18.4 Å². The van der Waals surface area contributed by atoms with Crippen molar-refractivity contribution in [2.75, 3.05) is 0 Å². The van der Waals surface area contributed by atoms with Gasteiger partial charge < -0.3 is 25.1 Å². The monoisotopic (exact) mass is 561 g/mol. The van der Waals surface area contributed by atoms with E-state index in [0.717, 1.165) is 32.1 Å². The Hall–Kier alpha value is -2.94. The van der Waals surface area contributed by atoms with Crippen LogP contribution >= 0.6 is 0 Å². The average Bonchev–Trinajstić information content (AvgIpc) is 2.92. The second-order valence-corrected chi connectivity index (χ2v) is 12.2. The molecule has 9 nitrogen and oxygen atoms in total. The molecule has 0 radical (unpaired) electrons. The third-order valence-corrected chi connectivity index (χ3v) is 8.23. The van der Waals surface area contributed by atoms with E-state index in [1.165, 1.54) is 12.1 Å². The predicted octanol–water partition coefficient (Wildman–Crippen LogP) is 5.77. The lowest BCUT2D eigenvalue weighted by molar-refractivity contribution is -0.155. The molecular weight excluding hydrogens is 514 g/mol. The zero-order valence-corrected chi connectivity index (χ0v) is 25.1. The Balaban J connectivity index is 2.42. The second kappa shape index (κ2) is 14.1. The molecule has 0 heterocycles. The lowest BCUT2D eigenvalue weighted by Crippen LogP contribution is -2.38. The number of hydrogen-bond donors (Lipinski definition) is 2. The number of carboxylic acids is 1. The average molecular weight is 562 g/mol. The van der Waals surface area contributed by atoms with Gasteiger partial charge >= 0.3 is 23.9 Å². The topological polar surface area (TPSA) is 142 Å². The molecule has 0 saturated heterocycles. The number of carbonyl (C=O) groups excluding carboxylic acids is 3. The van der Waals surface area contributed by atoms with Gasteiger partial charge in [-0.3, -0.25) is 19.2 Å². The maximum absolute atomic E-state index is 13.0. The fraction of sp³-hybridized carbons (Fsp3) is 0.677. The lowest BCUT2D eigenvalue weighted by atomic mass is 9.86. The Morgan fingerprint density at radius 2 is 1.45 bits per heavy atom. The van der Waals surface area contributed by atoms with Crippen molar-refractivity contribution in [3.8, 4) is 11.5 Å². The van der Waals surface area contributed by atoms with Crippen molar-refractivity contribution in [3.63, 3.8) is 0 Å². The highest BCUT2D eigenvalue weighted by Crippen LogP contribution is 2.37. The molecule has 1 aromatic rings. The van der Waals surface area contributed by atoms with Crippen LogP contribution in [0.4, 0.5) is 0 Å². The fourth-order valence-corrected chi connectivity index (χ4v) is 4.38. The molecule has 1 fully saturated rings. The molecule has 40 heavy (non-hydrogen) atoms. The molecule has 1 aromatic carbocycles. The minimum absolute atomic E-state index is 0.00118. The van der Waals surface area contributed by atoms with Crippen LogP contribution in [0.15, 0.2) is 18.2 Å². The Bertz CT molecular complexity index is 1060. The van der Waals surface area contributed by atoms with E-state index in [2.05, 4.69) is 0 Å². The van der Waals surface area contributed by atoms with Crippen molar-refractivity contribution in [2.24, 2.45) is 22.5 Å². The van der Waals surface area contributed by atoms with Crippen LogP contribution in [0.3, 0.4) is 0 Å². The molecule has 1 aliphatic rings. The zero-order chi connectivity index (χ0) is 30.3. The molecule has 224 valence electrons. The van der Waals surface area contributed by atoms with E-state index in [9.17, 15) is 24.3 Å². The summed E-state index contributed by atoms with van der Waals surface area (Å²) in [5.41, 5.74) is 5.00. The minimum Gasteiger partial charge on any atom is -0.480 e. The quantitative estimate of drug-likeness (QED) is 0.227. The van der Waals surface area contributed by atoms with Crippen molar-refractivity contribution < 1.29 is 38.5 Å². The van der Waals surface area contributed by atoms with E-state index < -0.39 is 46.8 Å². The summed E-state index contributed by atoms with van der Waals surface area (Å²) in [5, 5.41) is 9.77. The van der Waals surface area contributed by atoms with Crippen LogP contribution < -0.4 is 15.2 Å². The molecule has 9 heteroatoms. The molecule has 2 rings (SSSR count). The fourth-order valence-electron chi connectivity index (χ4n) is 4.38. The highest BCUT2D eigenvalue weighted by molar-refractivity contribution is 5.82. The van der Waals surface area contributed by atoms with Gasteiger partial charge in [-0.2, -0.15) is 0 Å². The lowest BCUT2D eigenvalue weighted by Gasteiger charge is -2.28. The smallest absolute Gasteiger partial charge is 0.321 e. The van der Waals surface area contributed by atoms with Crippen LogP contribution in [0.1, 0.15) is 111 Å². The number of nitrogens with two attached hydrogens (primary N) is 1. The molecule has 3 N–H and O–H groups in total. The van der Waals surface area contributed by atoms with Gasteiger partial charge in [-0.25, -0.2) is 0 Å². The van der Waals surface area contributed by atoms with E-state index >= 15 is 0 Å². The summed E-state index contributed by atoms with van der Waals surface area (Å²) in [5.74, 6) is -3.37. The van der Waals surface area contributed by atoms with Crippen molar-refractivity contribution in [3.05, 3.63) is 23.8 Å². The first-order chi connectivity index (χ1) is 18.6. The Labute approximate surface area is 238 Å². The number of aliphatic carboxylic acids is 1. The van der Waals surface area contributed by atoms with Crippen molar-refractivity contribution in [1.29, 1.82) is 0 Å². The molecule has 1 aliphatic carbocycles. The van der Waals surface area contributed by atoms with E-state index in [1.807, 2.05) is 13.8 Å². The van der Waals surface area contributed by atoms with Crippen LogP contribution in [-0.2, 0) is 23.9 Å². The maximum atomic E-state index is 13.0. The predicted molar refractivity (Wildman–Crippen MR) is 151 cm³/mol. The summed E-state index contributed by atoms with van der Waals surface area (Å²) < 4.78 is 17.1. The van der Waals surface area contributed by atoms with Gasteiger partial charge in [-0.05, 0) is 84.4 Å². The Kier molecular flexibility index (Phi) is 11.7. The second-order valence-electron chi connectivity index (χ2n) is 12.2. The van der Waals surface area contributed by atoms with Gasteiger partial charge in [0.2, 0.25) is 0 Å². The summed E-state index contributed by atoms with van der Waals surface area (Å²) in [6.45, 7) is 12.5. The molecule has 0 amide bonds. The molecule has 1 saturated carbocycles. The number of hydrogen-bond acceptors (Lipinski definition) is 8. The van der Waals surface area contributed by atoms with Crippen molar-refractivity contribution in [2.45, 2.75) is 118 Å². The number of carbonyl (C=O) groups is 4. The van der Waals surface area contributed by atoms with Gasteiger partial charge in [0.1, 0.15) is 6.04 Å². The third kappa shape index (κ3) is 8.78. The van der Waals surface area contributed by atoms with Crippen LogP contribution in [0, 0.1) is 16.7 Å². The highest BCUT2D eigenvalue weighted by Gasteiger charge is 2.34. The van der Waals surface area contributed by atoms with Gasteiger partial charge in [0, 0.05) is 5.92 Å². The molecule has 0 spiro atoms. The molecular formula is C31H47NO8. The van der Waals surface area contributed by atoms with Crippen LogP contribution in [-0.4, -0.2) is 41.1 Å². The van der Waals surface area contributed by atoms with Gasteiger partial charge in [-0.1, -0.05) is 39.2 Å². The molecule has 0 aromatic heterocycles. The van der Waals surface area contributed by atoms with Gasteiger partial charge in [0.15, 0.2) is 11.5 Å². The number of benzene rings is 1. The van der Waals surface area contributed by atoms with Crippen molar-refractivity contribution in [1.82, 2.24) is 0 Å². The molecule has 3 atom stereocenters. The van der Waals surface area contributed by atoms with E-state index in [1.54, 1.807) is 40.7 Å². The number of carboxylic acid groups (broad SMARTS) is 1. The van der Waals surface area contributed by atoms with Crippen molar-refractivity contribution >= 4 is 23.9 Å². The first-order valence-electron chi connectivity index (χ1n) is 14.4. The Morgan fingerprint density at radius 3 is 1.95 bits per heavy atom. The van der Waals surface area contributed by atoms with Gasteiger partial charge in [-0.15, -0.1) is 0 Å². The first-order valence-corrected chi connectivity index (χ1v) is 14.4. The molecule has 0 bridgehead atoms. The summed E-state index contributed by atoms with van der Waals surface area (Å²) in [7, 11) is 0. The van der Waals surface area contributed by atoms with Crippen LogP contribution in [0.25, 0.3) is 0 Å². The summed E-state index contributed by atoms with van der Waals surface area (Å²) in [4.78, 5) is 50.5.